The topological polar surface area (TPSA) is 84.2 Å². The molecule has 2 aliphatic carbocycles. The molecule has 2 fully saturated rings. The van der Waals surface area contributed by atoms with Crippen molar-refractivity contribution in [1.29, 1.82) is 0 Å². The van der Waals surface area contributed by atoms with Crippen molar-refractivity contribution in [2.75, 3.05) is 7.05 Å². The number of carbonyl (C=O) groups is 2. The lowest BCUT2D eigenvalue weighted by molar-refractivity contribution is -0.124. The van der Waals surface area contributed by atoms with Crippen molar-refractivity contribution in [3.63, 3.8) is 0 Å². The Morgan fingerprint density at radius 2 is 1.91 bits per heavy atom. The lowest BCUT2D eigenvalue weighted by Crippen LogP contribution is -2.48. The summed E-state index contributed by atoms with van der Waals surface area (Å²) >= 11 is 0. The largest absolute Gasteiger partial charge is 0.369 e. The smallest absolute Gasteiger partial charge is 0.237 e. The predicted molar refractivity (Wildman–Crippen MR) is 87.1 cm³/mol. The fourth-order valence-electron chi connectivity index (χ4n) is 4.42. The standard InChI is InChI=1S/C17H31N3O2/c1-3-15(19-2)17(22)20-12-7-5-4-6-11-8-9-13(16(18)21)14(11)10-12/h11-15,19H,3-10H2,1-2H3,(H2,18,21)(H,20,22)/t11-,12?,13?,14+,15-/m0/s1. The summed E-state index contributed by atoms with van der Waals surface area (Å²) in [5.74, 6) is 0.913. The van der Waals surface area contributed by atoms with Crippen LogP contribution >= 0.6 is 0 Å². The van der Waals surface area contributed by atoms with Gasteiger partial charge in [0.05, 0.1) is 6.04 Å². The first-order chi connectivity index (χ1) is 10.6. The molecule has 5 heteroatoms. The summed E-state index contributed by atoms with van der Waals surface area (Å²) in [6.07, 6.45) is 8.32. The first kappa shape index (κ1) is 17.3. The second-order valence-electron chi connectivity index (χ2n) is 6.99. The molecule has 0 aromatic heterocycles. The molecule has 2 saturated carbocycles. The van der Waals surface area contributed by atoms with E-state index in [0.29, 0.717) is 11.8 Å². The molecule has 4 N–H and O–H groups in total. The lowest BCUT2D eigenvalue weighted by Gasteiger charge is -2.32. The van der Waals surface area contributed by atoms with Gasteiger partial charge in [-0.2, -0.15) is 0 Å². The average molecular weight is 309 g/mol. The molecular weight excluding hydrogens is 278 g/mol. The quantitative estimate of drug-likeness (QED) is 0.720. The minimum Gasteiger partial charge on any atom is -0.369 e. The summed E-state index contributed by atoms with van der Waals surface area (Å²) in [7, 11) is 1.82. The van der Waals surface area contributed by atoms with E-state index in [9.17, 15) is 9.59 Å². The van der Waals surface area contributed by atoms with Gasteiger partial charge in [-0.1, -0.05) is 26.2 Å². The van der Waals surface area contributed by atoms with Gasteiger partial charge in [-0.05, 0) is 51.0 Å². The van der Waals surface area contributed by atoms with Gasteiger partial charge < -0.3 is 16.4 Å². The van der Waals surface area contributed by atoms with Crippen LogP contribution in [0.15, 0.2) is 0 Å². The Morgan fingerprint density at radius 1 is 1.18 bits per heavy atom. The van der Waals surface area contributed by atoms with Crippen LogP contribution in [0.3, 0.4) is 0 Å². The van der Waals surface area contributed by atoms with Crippen molar-refractivity contribution in [2.24, 2.45) is 23.5 Å². The zero-order valence-corrected chi connectivity index (χ0v) is 13.9. The van der Waals surface area contributed by atoms with E-state index < -0.39 is 0 Å². The van der Waals surface area contributed by atoms with Crippen LogP contribution in [0.1, 0.15) is 58.3 Å². The van der Waals surface area contributed by atoms with Gasteiger partial charge in [0.15, 0.2) is 0 Å². The van der Waals surface area contributed by atoms with Crippen molar-refractivity contribution in [3.05, 3.63) is 0 Å². The molecule has 5 nitrogen and oxygen atoms in total. The Hall–Kier alpha value is -1.10. The van der Waals surface area contributed by atoms with Crippen LogP contribution in [0.4, 0.5) is 0 Å². The zero-order chi connectivity index (χ0) is 16.1. The molecule has 126 valence electrons. The number of nitrogens with one attached hydrogen (secondary N) is 2. The van der Waals surface area contributed by atoms with Crippen molar-refractivity contribution in [3.8, 4) is 0 Å². The van der Waals surface area contributed by atoms with E-state index in [2.05, 4.69) is 10.6 Å². The normalized spacial score (nSPS) is 33.4. The van der Waals surface area contributed by atoms with Crippen LogP contribution in [-0.2, 0) is 9.59 Å². The number of rotatable bonds is 5. The van der Waals surface area contributed by atoms with Crippen molar-refractivity contribution < 1.29 is 9.59 Å². The summed E-state index contributed by atoms with van der Waals surface area (Å²) in [5.41, 5.74) is 5.60. The molecule has 2 amide bonds. The van der Waals surface area contributed by atoms with Crippen LogP contribution in [0.25, 0.3) is 0 Å². The van der Waals surface area contributed by atoms with Crippen LogP contribution in [0.5, 0.6) is 0 Å². The summed E-state index contributed by atoms with van der Waals surface area (Å²) in [6.45, 7) is 2.01. The summed E-state index contributed by atoms with van der Waals surface area (Å²) in [5, 5.41) is 6.26. The lowest BCUT2D eigenvalue weighted by atomic mass is 9.78. The first-order valence-corrected chi connectivity index (χ1v) is 8.83. The third-order valence-electron chi connectivity index (χ3n) is 5.69. The number of fused-ring (bicyclic) bond motifs is 1. The molecule has 0 aromatic rings. The van der Waals surface area contributed by atoms with E-state index >= 15 is 0 Å². The molecule has 2 rings (SSSR count). The molecule has 5 atom stereocenters. The van der Waals surface area contributed by atoms with Gasteiger partial charge in [-0.15, -0.1) is 0 Å². The number of amides is 2. The zero-order valence-electron chi connectivity index (χ0n) is 13.9. The maximum absolute atomic E-state index is 12.3. The Kier molecular flexibility index (Phi) is 6.24. The number of likely N-dealkylation sites (N-methyl/N-ethyl adjacent to an activating group) is 1. The number of carbonyl (C=O) groups excluding carboxylic acids is 2. The molecule has 22 heavy (non-hydrogen) atoms. The van der Waals surface area contributed by atoms with Gasteiger partial charge in [-0.25, -0.2) is 0 Å². The SMILES string of the molecule is CC[C@H](NC)C(=O)NC1CCCC[C@H]2CCC(C(N)=O)[C@@H]2C1. The Bertz CT molecular complexity index is 395. The van der Waals surface area contributed by atoms with Crippen LogP contribution < -0.4 is 16.4 Å². The second kappa shape index (κ2) is 7.95. The van der Waals surface area contributed by atoms with E-state index in [4.69, 9.17) is 5.73 Å². The predicted octanol–water partition coefficient (Wildman–Crippen LogP) is 1.56. The van der Waals surface area contributed by atoms with Crippen molar-refractivity contribution in [2.45, 2.75) is 70.4 Å². The molecule has 0 bridgehead atoms. The second-order valence-corrected chi connectivity index (χ2v) is 6.99. The van der Waals surface area contributed by atoms with Crippen LogP contribution in [0, 0.1) is 17.8 Å². The number of primary amides is 1. The first-order valence-electron chi connectivity index (χ1n) is 8.83. The number of hydrogen-bond donors (Lipinski definition) is 3. The highest BCUT2D eigenvalue weighted by molar-refractivity contribution is 5.82. The number of hydrogen-bond acceptors (Lipinski definition) is 3. The minimum absolute atomic E-state index is 0.00812. The van der Waals surface area contributed by atoms with Gasteiger partial charge in [0.1, 0.15) is 0 Å². The van der Waals surface area contributed by atoms with Gasteiger partial charge in [0, 0.05) is 12.0 Å². The third kappa shape index (κ3) is 4.00. The Balaban J connectivity index is 2.01. The molecular formula is C17H31N3O2. The molecule has 0 spiro atoms. The monoisotopic (exact) mass is 309 g/mol. The van der Waals surface area contributed by atoms with Crippen molar-refractivity contribution in [1.82, 2.24) is 10.6 Å². The molecule has 0 radical (unpaired) electrons. The highest BCUT2D eigenvalue weighted by Gasteiger charge is 2.40. The fraction of sp³-hybridized carbons (Fsp3) is 0.882. The molecule has 0 heterocycles. The van der Waals surface area contributed by atoms with E-state index in [0.717, 1.165) is 38.5 Å². The van der Waals surface area contributed by atoms with E-state index in [-0.39, 0.29) is 29.8 Å². The highest BCUT2D eigenvalue weighted by Crippen LogP contribution is 2.44. The van der Waals surface area contributed by atoms with Gasteiger partial charge in [0.25, 0.3) is 0 Å². The molecule has 2 unspecified atom stereocenters. The molecule has 0 saturated heterocycles. The summed E-state index contributed by atoms with van der Waals surface area (Å²) < 4.78 is 0. The molecule has 0 aromatic carbocycles. The maximum Gasteiger partial charge on any atom is 0.237 e. The highest BCUT2D eigenvalue weighted by atomic mass is 16.2. The third-order valence-corrected chi connectivity index (χ3v) is 5.69. The fourth-order valence-corrected chi connectivity index (χ4v) is 4.42. The van der Waals surface area contributed by atoms with E-state index in [1.165, 1.54) is 12.8 Å². The molecule has 0 aliphatic heterocycles. The molecule has 2 aliphatic rings. The Labute approximate surface area is 133 Å². The van der Waals surface area contributed by atoms with Crippen LogP contribution in [0.2, 0.25) is 0 Å². The van der Waals surface area contributed by atoms with Crippen molar-refractivity contribution >= 4 is 11.8 Å². The van der Waals surface area contributed by atoms with E-state index in [1.807, 2.05) is 14.0 Å². The van der Waals surface area contributed by atoms with Gasteiger partial charge in [-0.3, -0.25) is 9.59 Å². The van der Waals surface area contributed by atoms with Gasteiger partial charge in [0.2, 0.25) is 11.8 Å². The van der Waals surface area contributed by atoms with Crippen LogP contribution in [-0.4, -0.2) is 30.9 Å². The average Bonchev–Trinajstić information content (AvgIpc) is 2.84. The Morgan fingerprint density at radius 3 is 2.55 bits per heavy atom. The minimum atomic E-state index is -0.153. The summed E-state index contributed by atoms with van der Waals surface area (Å²) in [4.78, 5) is 24.0. The summed E-state index contributed by atoms with van der Waals surface area (Å²) in [6, 6.07) is 0.0550. The van der Waals surface area contributed by atoms with Gasteiger partial charge >= 0.3 is 0 Å². The van der Waals surface area contributed by atoms with E-state index in [1.54, 1.807) is 0 Å². The number of nitrogens with two attached hydrogens (primary N) is 1. The maximum atomic E-state index is 12.3.